The van der Waals surface area contributed by atoms with Gasteiger partial charge in [-0.3, -0.25) is 14.9 Å². The molecule has 0 spiro atoms. The van der Waals surface area contributed by atoms with Crippen molar-refractivity contribution < 1.29 is 14.5 Å². The third-order valence-corrected chi connectivity index (χ3v) is 4.68. The van der Waals surface area contributed by atoms with Crippen LogP contribution in [0.3, 0.4) is 0 Å². The van der Waals surface area contributed by atoms with Gasteiger partial charge >= 0.3 is 6.03 Å². The summed E-state index contributed by atoms with van der Waals surface area (Å²) >= 11 is 5.85. The summed E-state index contributed by atoms with van der Waals surface area (Å²) in [6.07, 6.45) is 3.66. The van der Waals surface area contributed by atoms with Crippen LogP contribution in [0.25, 0.3) is 0 Å². The molecule has 1 unspecified atom stereocenters. The maximum Gasteiger partial charge on any atom is 0.314 e. The number of nitro groups is 1. The van der Waals surface area contributed by atoms with E-state index in [0.29, 0.717) is 5.56 Å². The van der Waals surface area contributed by atoms with Gasteiger partial charge in [-0.15, -0.1) is 0 Å². The van der Waals surface area contributed by atoms with Gasteiger partial charge in [0.05, 0.1) is 10.8 Å². The number of carbonyl (C=O) groups is 2. The van der Waals surface area contributed by atoms with Crippen molar-refractivity contribution in [3.8, 4) is 0 Å². The predicted molar refractivity (Wildman–Crippen MR) is 90.3 cm³/mol. The number of Topliss-reactive ketones (excluding diaryl/α,β-unsaturated/α-hetero) is 1. The first-order chi connectivity index (χ1) is 11.4. The van der Waals surface area contributed by atoms with E-state index in [-0.39, 0.29) is 29.0 Å². The van der Waals surface area contributed by atoms with E-state index in [9.17, 15) is 19.7 Å². The molecule has 24 heavy (non-hydrogen) atoms. The zero-order chi connectivity index (χ0) is 17.7. The molecule has 1 fully saturated rings. The fourth-order valence-corrected chi connectivity index (χ4v) is 3.23. The first-order valence-electron chi connectivity index (χ1n) is 7.87. The van der Waals surface area contributed by atoms with E-state index in [1.165, 1.54) is 19.2 Å². The van der Waals surface area contributed by atoms with Crippen LogP contribution >= 0.6 is 11.6 Å². The first kappa shape index (κ1) is 18.2. The molecule has 2 rings (SSSR count). The van der Waals surface area contributed by atoms with Gasteiger partial charge in [0.2, 0.25) is 0 Å². The lowest BCUT2D eigenvalue weighted by molar-refractivity contribution is -0.384. The second-order valence-corrected chi connectivity index (χ2v) is 6.27. The highest BCUT2D eigenvalue weighted by Gasteiger charge is 2.31. The molecule has 130 valence electrons. The molecular weight excluding hydrogens is 334 g/mol. The number of ketones is 1. The second kappa shape index (κ2) is 8.10. The van der Waals surface area contributed by atoms with Crippen LogP contribution < -0.4 is 10.6 Å². The zero-order valence-electron chi connectivity index (χ0n) is 13.4. The Labute approximate surface area is 144 Å². The molecule has 0 aromatic heterocycles. The lowest BCUT2D eigenvalue weighted by Gasteiger charge is -2.20. The summed E-state index contributed by atoms with van der Waals surface area (Å²) in [5.74, 6) is -0.668. The van der Waals surface area contributed by atoms with Crippen molar-refractivity contribution in [1.29, 1.82) is 0 Å². The second-order valence-electron chi connectivity index (χ2n) is 5.86. The number of halogens is 1. The maximum atomic E-state index is 12.8. The Bertz CT molecular complexity index is 644. The van der Waals surface area contributed by atoms with Crippen LogP contribution in [0.1, 0.15) is 37.2 Å². The molecule has 0 aliphatic heterocycles. The van der Waals surface area contributed by atoms with E-state index >= 15 is 0 Å². The summed E-state index contributed by atoms with van der Waals surface area (Å²) in [5.41, 5.74) is 0.262. The van der Waals surface area contributed by atoms with Gasteiger partial charge in [0.15, 0.2) is 0 Å². The first-order valence-corrected chi connectivity index (χ1v) is 8.25. The molecule has 1 aromatic carbocycles. The summed E-state index contributed by atoms with van der Waals surface area (Å²) in [6, 6.07) is 3.95. The van der Waals surface area contributed by atoms with Gasteiger partial charge in [0.25, 0.3) is 5.69 Å². The van der Waals surface area contributed by atoms with Crippen molar-refractivity contribution >= 4 is 29.1 Å². The Morgan fingerprint density at radius 3 is 2.62 bits per heavy atom. The Morgan fingerprint density at radius 2 is 2.04 bits per heavy atom. The van der Waals surface area contributed by atoms with Crippen molar-refractivity contribution in [3.63, 3.8) is 0 Å². The third-order valence-electron chi connectivity index (χ3n) is 4.36. The Balaban J connectivity index is 2.30. The van der Waals surface area contributed by atoms with Crippen molar-refractivity contribution in [2.45, 2.75) is 31.6 Å². The molecule has 0 saturated heterocycles. The van der Waals surface area contributed by atoms with Crippen LogP contribution in [0.5, 0.6) is 0 Å². The lowest BCUT2D eigenvalue weighted by Crippen LogP contribution is -2.38. The van der Waals surface area contributed by atoms with Gasteiger partial charge in [-0.05, 0) is 24.5 Å². The molecule has 0 heterocycles. The van der Waals surface area contributed by atoms with Gasteiger partial charge in [-0.1, -0.05) is 30.5 Å². The Hall–Kier alpha value is -2.15. The zero-order valence-corrected chi connectivity index (χ0v) is 14.1. The third kappa shape index (κ3) is 4.23. The van der Waals surface area contributed by atoms with Gasteiger partial charge in [-0.25, -0.2) is 4.79 Å². The molecule has 1 aliphatic rings. The molecule has 1 aliphatic carbocycles. The molecule has 2 amide bonds. The van der Waals surface area contributed by atoms with Crippen LogP contribution in [-0.4, -0.2) is 30.3 Å². The van der Waals surface area contributed by atoms with Crippen molar-refractivity contribution in [1.82, 2.24) is 10.6 Å². The molecule has 0 radical (unpaired) electrons. The minimum absolute atomic E-state index is 0.0144. The average molecular weight is 354 g/mol. The van der Waals surface area contributed by atoms with Crippen LogP contribution in [0.4, 0.5) is 10.5 Å². The summed E-state index contributed by atoms with van der Waals surface area (Å²) in [6.45, 7) is 0.0911. The Morgan fingerprint density at radius 1 is 1.38 bits per heavy atom. The molecule has 1 saturated carbocycles. The minimum atomic E-state index is -0.624. The SMILES string of the molecule is CNC(=O)NCC(C(=O)C1CCCC1)c1ccc(Cl)c([N+](=O)[O-])c1. The number of benzene rings is 1. The minimum Gasteiger partial charge on any atom is -0.341 e. The quantitative estimate of drug-likeness (QED) is 0.606. The normalized spacial score (nSPS) is 15.8. The molecule has 1 atom stereocenters. The van der Waals surface area contributed by atoms with Gasteiger partial charge in [0.1, 0.15) is 10.8 Å². The van der Waals surface area contributed by atoms with E-state index in [1.807, 2.05) is 0 Å². The summed E-state index contributed by atoms with van der Waals surface area (Å²) < 4.78 is 0. The fourth-order valence-electron chi connectivity index (χ4n) is 3.05. The highest BCUT2D eigenvalue weighted by molar-refractivity contribution is 6.32. The van der Waals surface area contributed by atoms with E-state index in [1.54, 1.807) is 6.07 Å². The largest absolute Gasteiger partial charge is 0.341 e. The molecular formula is C16H20ClN3O4. The molecule has 1 aromatic rings. The molecule has 2 N–H and O–H groups in total. The van der Waals surface area contributed by atoms with E-state index < -0.39 is 16.9 Å². The fraction of sp³-hybridized carbons (Fsp3) is 0.500. The van der Waals surface area contributed by atoms with Crippen molar-refractivity contribution in [2.24, 2.45) is 5.92 Å². The van der Waals surface area contributed by atoms with Crippen LogP contribution in [0, 0.1) is 16.0 Å². The van der Waals surface area contributed by atoms with E-state index in [4.69, 9.17) is 11.6 Å². The highest BCUT2D eigenvalue weighted by atomic mass is 35.5. The number of nitrogens with zero attached hydrogens (tertiary/aromatic N) is 1. The molecule has 0 bridgehead atoms. The number of rotatable bonds is 6. The molecule has 7 nitrogen and oxygen atoms in total. The number of hydrogen-bond donors (Lipinski definition) is 2. The Kier molecular flexibility index (Phi) is 6.14. The summed E-state index contributed by atoms with van der Waals surface area (Å²) in [5, 5.41) is 16.2. The number of nitrogens with one attached hydrogen (secondary N) is 2. The number of nitro benzene ring substituents is 1. The summed E-state index contributed by atoms with van der Waals surface area (Å²) in [7, 11) is 1.48. The standard InChI is InChI=1S/C16H20ClN3O4/c1-18-16(22)19-9-12(15(21)10-4-2-3-5-10)11-6-7-13(17)14(8-11)20(23)24/h6-8,10,12H,2-5,9H2,1H3,(H2,18,19,22). The number of hydrogen-bond acceptors (Lipinski definition) is 4. The lowest BCUT2D eigenvalue weighted by atomic mass is 9.86. The van der Waals surface area contributed by atoms with Crippen LogP contribution in [0.15, 0.2) is 18.2 Å². The monoisotopic (exact) mass is 353 g/mol. The van der Waals surface area contributed by atoms with Crippen LogP contribution in [-0.2, 0) is 4.79 Å². The van der Waals surface area contributed by atoms with Crippen LogP contribution in [0.2, 0.25) is 5.02 Å². The van der Waals surface area contributed by atoms with Crippen molar-refractivity contribution in [2.75, 3.05) is 13.6 Å². The molecule has 8 heteroatoms. The average Bonchev–Trinajstić information content (AvgIpc) is 3.10. The summed E-state index contributed by atoms with van der Waals surface area (Å²) in [4.78, 5) is 34.8. The topological polar surface area (TPSA) is 101 Å². The van der Waals surface area contributed by atoms with Gasteiger partial charge in [0, 0.05) is 25.6 Å². The van der Waals surface area contributed by atoms with Gasteiger partial charge < -0.3 is 10.6 Å². The van der Waals surface area contributed by atoms with Crippen molar-refractivity contribution in [3.05, 3.63) is 38.9 Å². The highest BCUT2D eigenvalue weighted by Crippen LogP contribution is 2.34. The predicted octanol–water partition coefficient (Wildman–Crippen LogP) is 3.02. The smallest absolute Gasteiger partial charge is 0.314 e. The van der Waals surface area contributed by atoms with E-state index in [2.05, 4.69) is 10.6 Å². The number of amides is 2. The van der Waals surface area contributed by atoms with Gasteiger partial charge in [-0.2, -0.15) is 0 Å². The maximum absolute atomic E-state index is 12.8. The number of urea groups is 1. The number of carbonyl (C=O) groups excluding carboxylic acids is 2. The van der Waals surface area contributed by atoms with E-state index in [0.717, 1.165) is 25.7 Å².